The van der Waals surface area contributed by atoms with Crippen molar-refractivity contribution < 1.29 is 14.3 Å². The quantitative estimate of drug-likeness (QED) is 0.461. The molecule has 0 saturated carbocycles. The lowest BCUT2D eigenvalue weighted by atomic mass is 10.2. The summed E-state index contributed by atoms with van der Waals surface area (Å²) in [6.07, 6.45) is 0.954. The molecule has 31 heavy (non-hydrogen) atoms. The molecular formula is C24H29N3O3S. The fourth-order valence-electron chi connectivity index (χ4n) is 3.17. The van der Waals surface area contributed by atoms with E-state index in [2.05, 4.69) is 29.0 Å². The second-order valence-corrected chi connectivity index (χ2v) is 8.24. The van der Waals surface area contributed by atoms with Crippen LogP contribution >= 0.6 is 11.3 Å². The predicted molar refractivity (Wildman–Crippen MR) is 125 cm³/mol. The number of rotatable bonds is 11. The molecule has 0 radical (unpaired) electrons. The number of anilines is 1. The highest BCUT2D eigenvalue weighted by atomic mass is 32.1. The van der Waals surface area contributed by atoms with Crippen molar-refractivity contribution in [3.63, 3.8) is 0 Å². The number of aromatic nitrogens is 1. The molecule has 0 atom stereocenters. The molecular weight excluding hydrogens is 410 g/mol. The number of para-hydroxylation sites is 2. The van der Waals surface area contributed by atoms with Crippen LogP contribution in [0.4, 0.5) is 5.69 Å². The monoisotopic (exact) mass is 439 g/mol. The first-order valence-corrected chi connectivity index (χ1v) is 11.2. The van der Waals surface area contributed by atoms with Crippen LogP contribution in [-0.2, 0) is 17.9 Å². The fourth-order valence-corrected chi connectivity index (χ4v) is 3.86. The molecule has 0 aliphatic carbocycles. The Morgan fingerprint density at radius 2 is 1.94 bits per heavy atom. The van der Waals surface area contributed by atoms with E-state index in [1.807, 2.05) is 53.9 Å². The highest BCUT2D eigenvalue weighted by Gasteiger charge is 2.14. The van der Waals surface area contributed by atoms with Gasteiger partial charge in [0.2, 0.25) is 5.91 Å². The maximum atomic E-state index is 12.6. The van der Waals surface area contributed by atoms with Gasteiger partial charge >= 0.3 is 0 Å². The predicted octanol–water partition coefficient (Wildman–Crippen LogP) is 4.89. The molecule has 1 amide bonds. The molecule has 2 aromatic carbocycles. The lowest BCUT2D eigenvalue weighted by molar-refractivity contribution is -0.117. The van der Waals surface area contributed by atoms with E-state index in [0.717, 1.165) is 29.4 Å². The number of amides is 1. The molecule has 6 nitrogen and oxygen atoms in total. The molecule has 0 aliphatic heterocycles. The maximum absolute atomic E-state index is 12.6. The fraction of sp³-hybridized carbons (Fsp3) is 0.333. The molecule has 0 saturated heterocycles. The van der Waals surface area contributed by atoms with E-state index < -0.39 is 0 Å². The van der Waals surface area contributed by atoms with Gasteiger partial charge in [0.15, 0.2) is 0 Å². The summed E-state index contributed by atoms with van der Waals surface area (Å²) in [7, 11) is 1.59. The first-order valence-electron chi connectivity index (χ1n) is 10.4. The summed E-state index contributed by atoms with van der Waals surface area (Å²) in [6, 6.07) is 15.4. The smallest absolute Gasteiger partial charge is 0.238 e. The van der Waals surface area contributed by atoms with Crippen molar-refractivity contribution in [1.82, 2.24) is 9.88 Å². The number of hydrogen-bond acceptors (Lipinski definition) is 6. The van der Waals surface area contributed by atoms with Crippen molar-refractivity contribution in [2.24, 2.45) is 0 Å². The van der Waals surface area contributed by atoms with Crippen molar-refractivity contribution in [2.75, 3.05) is 25.5 Å². The molecule has 3 rings (SSSR count). The number of benzene rings is 2. The van der Waals surface area contributed by atoms with Gasteiger partial charge in [0.1, 0.15) is 23.1 Å². The maximum Gasteiger partial charge on any atom is 0.238 e. The van der Waals surface area contributed by atoms with Gasteiger partial charge in [-0.25, -0.2) is 4.98 Å². The van der Waals surface area contributed by atoms with Gasteiger partial charge in [-0.1, -0.05) is 36.8 Å². The largest absolute Gasteiger partial charge is 0.495 e. The Labute approximate surface area is 187 Å². The van der Waals surface area contributed by atoms with Crippen LogP contribution < -0.4 is 14.8 Å². The average Bonchev–Trinajstić information content (AvgIpc) is 3.21. The molecule has 1 heterocycles. The van der Waals surface area contributed by atoms with E-state index in [1.165, 1.54) is 5.56 Å². The summed E-state index contributed by atoms with van der Waals surface area (Å²) in [5.74, 6) is 1.41. The summed E-state index contributed by atoms with van der Waals surface area (Å²) in [6.45, 7) is 6.32. The topological polar surface area (TPSA) is 63.7 Å². The number of hydrogen-bond donors (Lipinski definition) is 1. The van der Waals surface area contributed by atoms with E-state index in [1.54, 1.807) is 18.4 Å². The number of thiazole rings is 1. The number of nitrogens with zero attached hydrogens (tertiary/aromatic N) is 2. The van der Waals surface area contributed by atoms with Crippen molar-refractivity contribution in [3.05, 3.63) is 70.2 Å². The Balaban J connectivity index is 1.54. The lowest BCUT2D eigenvalue weighted by Gasteiger charge is -2.20. The third-order valence-electron chi connectivity index (χ3n) is 4.66. The van der Waals surface area contributed by atoms with Gasteiger partial charge in [-0.2, -0.15) is 0 Å². The molecule has 0 unspecified atom stereocenters. The van der Waals surface area contributed by atoms with Crippen LogP contribution in [0.3, 0.4) is 0 Å². The zero-order valence-corrected chi connectivity index (χ0v) is 19.1. The third-order valence-corrected chi connectivity index (χ3v) is 5.53. The Hall–Kier alpha value is -2.90. The molecule has 1 aromatic heterocycles. The summed E-state index contributed by atoms with van der Waals surface area (Å²) in [5.41, 5.74) is 2.83. The van der Waals surface area contributed by atoms with Gasteiger partial charge in [0.05, 0.1) is 25.0 Å². The van der Waals surface area contributed by atoms with Crippen molar-refractivity contribution in [2.45, 2.75) is 33.4 Å². The van der Waals surface area contributed by atoms with Crippen LogP contribution in [0, 0.1) is 6.92 Å². The first kappa shape index (κ1) is 22.8. The summed E-state index contributed by atoms with van der Waals surface area (Å²) in [4.78, 5) is 19.4. The van der Waals surface area contributed by atoms with Crippen LogP contribution in [0.5, 0.6) is 11.5 Å². The number of ether oxygens (including phenoxy) is 2. The molecule has 1 N–H and O–H groups in total. The van der Waals surface area contributed by atoms with Gasteiger partial charge < -0.3 is 14.8 Å². The molecule has 0 fully saturated rings. The second kappa shape index (κ2) is 11.5. The van der Waals surface area contributed by atoms with E-state index >= 15 is 0 Å². The summed E-state index contributed by atoms with van der Waals surface area (Å²) < 4.78 is 11.1. The van der Waals surface area contributed by atoms with Gasteiger partial charge in [-0.05, 0) is 44.2 Å². The molecule has 0 bridgehead atoms. The molecule has 7 heteroatoms. The summed E-state index contributed by atoms with van der Waals surface area (Å²) >= 11 is 1.58. The number of methoxy groups -OCH3 is 1. The normalized spacial score (nSPS) is 10.8. The van der Waals surface area contributed by atoms with E-state index in [-0.39, 0.29) is 5.91 Å². The van der Waals surface area contributed by atoms with Gasteiger partial charge in [0, 0.05) is 11.9 Å². The minimum atomic E-state index is -0.0730. The number of carbonyl (C=O) groups excluding carboxylic acids is 1. The van der Waals surface area contributed by atoms with Gasteiger partial charge in [-0.3, -0.25) is 9.69 Å². The van der Waals surface area contributed by atoms with Crippen LogP contribution in [0.15, 0.2) is 53.9 Å². The SMILES string of the molecule is CCCN(CC(=O)Nc1ccccc1OC)Cc1csc(COc2ccc(C)cc2)n1. The first-order chi connectivity index (χ1) is 15.1. The number of aryl methyl sites for hydroxylation is 1. The number of nitrogens with one attached hydrogen (secondary N) is 1. The van der Waals surface area contributed by atoms with Crippen LogP contribution in [-0.4, -0.2) is 36.0 Å². The lowest BCUT2D eigenvalue weighted by Crippen LogP contribution is -2.33. The molecule has 164 valence electrons. The highest BCUT2D eigenvalue weighted by Crippen LogP contribution is 2.23. The highest BCUT2D eigenvalue weighted by molar-refractivity contribution is 7.09. The van der Waals surface area contributed by atoms with Crippen molar-refractivity contribution >= 4 is 22.9 Å². The summed E-state index contributed by atoms with van der Waals surface area (Å²) in [5, 5.41) is 5.90. The van der Waals surface area contributed by atoms with Crippen molar-refractivity contribution in [3.8, 4) is 11.5 Å². The zero-order chi connectivity index (χ0) is 22.1. The molecule has 0 spiro atoms. The number of carbonyl (C=O) groups is 1. The molecule has 3 aromatic rings. The van der Waals surface area contributed by atoms with Crippen LogP contribution in [0.25, 0.3) is 0 Å². The van der Waals surface area contributed by atoms with Crippen LogP contribution in [0.1, 0.15) is 29.6 Å². The Morgan fingerprint density at radius 3 is 2.68 bits per heavy atom. The minimum Gasteiger partial charge on any atom is -0.495 e. The van der Waals surface area contributed by atoms with Crippen LogP contribution in [0.2, 0.25) is 0 Å². The van der Waals surface area contributed by atoms with E-state index in [0.29, 0.717) is 31.1 Å². The zero-order valence-electron chi connectivity index (χ0n) is 18.3. The molecule has 0 aliphatic rings. The second-order valence-electron chi connectivity index (χ2n) is 7.29. The Morgan fingerprint density at radius 1 is 1.16 bits per heavy atom. The average molecular weight is 440 g/mol. The van der Waals surface area contributed by atoms with Gasteiger partial charge in [-0.15, -0.1) is 11.3 Å². The Kier molecular flexibility index (Phi) is 8.44. The minimum absolute atomic E-state index is 0.0730. The standard InChI is InChI=1S/C24H29N3O3S/c1-4-13-27(15-23(28)26-21-7-5-6-8-22(21)29-3)14-19-17-31-24(25-19)16-30-20-11-9-18(2)10-12-20/h5-12,17H,4,13-16H2,1-3H3,(H,26,28). The van der Waals surface area contributed by atoms with E-state index in [4.69, 9.17) is 9.47 Å². The van der Waals surface area contributed by atoms with E-state index in [9.17, 15) is 4.79 Å². The Bertz CT molecular complexity index is 972. The van der Waals surface area contributed by atoms with Crippen molar-refractivity contribution in [1.29, 1.82) is 0 Å². The van der Waals surface area contributed by atoms with Gasteiger partial charge in [0.25, 0.3) is 0 Å². The third kappa shape index (κ3) is 7.08.